The Bertz CT molecular complexity index is 652. The van der Waals surface area contributed by atoms with Gasteiger partial charge >= 0.3 is 0 Å². The van der Waals surface area contributed by atoms with Crippen molar-refractivity contribution in [2.45, 2.75) is 12.8 Å². The Hall–Kier alpha value is -1.22. The van der Waals surface area contributed by atoms with E-state index in [0.29, 0.717) is 24.5 Å². The molecule has 24 heavy (non-hydrogen) atoms. The molecule has 130 valence electrons. The maximum Gasteiger partial charge on any atom is 0.190 e. The second-order valence-electron chi connectivity index (χ2n) is 4.98. The summed E-state index contributed by atoms with van der Waals surface area (Å²) in [5.74, 6) is 0.518. The van der Waals surface area contributed by atoms with E-state index in [4.69, 9.17) is 0 Å². The highest BCUT2D eigenvalue weighted by atomic mass is 127. The maximum absolute atomic E-state index is 13.7. The highest BCUT2D eigenvalue weighted by Crippen LogP contribution is 2.15. The molecule has 0 aliphatic carbocycles. The summed E-state index contributed by atoms with van der Waals surface area (Å²) in [4.78, 5) is 8.44. The minimum atomic E-state index is -0.187. The Labute approximate surface area is 167 Å². The number of nitrogens with zero attached hydrogens (tertiary/aromatic N) is 2. The number of guanidine groups is 1. The molecule has 0 amide bonds. The first-order valence-electron chi connectivity index (χ1n) is 7.47. The quantitative estimate of drug-likeness (QED) is 0.358. The van der Waals surface area contributed by atoms with Gasteiger partial charge in [0.15, 0.2) is 5.96 Å². The van der Waals surface area contributed by atoms with Gasteiger partial charge in [-0.25, -0.2) is 4.39 Å². The molecule has 4 nitrogen and oxygen atoms in total. The lowest BCUT2D eigenvalue weighted by molar-refractivity contribution is 0.606. The number of hydrogen-bond donors (Lipinski definition) is 2. The number of rotatable bonds is 6. The highest BCUT2D eigenvalue weighted by molar-refractivity contribution is 14.0. The summed E-state index contributed by atoms with van der Waals surface area (Å²) >= 11 is 3.36. The van der Waals surface area contributed by atoms with Crippen molar-refractivity contribution in [1.29, 1.82) is 0 Å². The van der Waals surface area contributed by atoms with Crippen LogP contribution in [-0.2, 0) is 12.8 Å². The van der Waals surface area contributed by atoms with Gasteiger partial charge in [-0.1, -0.05) is 22.0 Å². The Morgan fingerprint density at radius 2 is 1.92 bits per heavy atom. The third-order valence-corrected chi connectivity index (χ3v) is 3.81. The summed E-state index contributed by atoms with van der Waals surface area (Å²) in [6, 6.07) is 10.8. The lowest BCUT2D eigenvalue weighted by Gasteiger charge is -2.12. The van der Waals surface area contributed by atoms with Crippen molar-refractivity contribution in [1.82, 2.24) is 15.6 Å². The van der Waals surface area contributed by atoms with Crippen molar-refractivity contribution < 1.29 is 4.39 Å². The molecule has 2 rings (SSSR count). The van der Waals surface area contributed by atoms with Crippen LogP contribution in [0.25, 0.3) is 0 Å². The molecule has 0 fully saturated rings. The Kier molecular flexibility index (Phi) is 9.85. The van der Waals surface area contributed by atoms with Crippen molar-refractivity contribution in [2.75, 3.05) is 20.1 Å². The summed E-state index contributed by atoms with van der Waals surface area (Å²) in [6.07, 6.45) is 3.20. The summed E-state index contributed by atoms with van der Waals surface area (Å²) < 4.78 is 14.5. The van der Waals surface area contributed by atoms with Crippen LogP contribution in [0.3, 0.4) is 0 Å². The SMILES string of the molecule is CN=C(NCCc1ccccn1)NCCc1cc(Br)ccc1F.I. The van der Waals surface area contributed by atoms with Crippen LogP contribution in [0, 0.1) is 5.82 Å². The predicted molar refractivity (Wildman–Crippen MR) is 111 cm³/mol. The number of hydrogen-bond acceptors (Lipinski definition) is 2. The van der Waals surface area contributed by atoms with Crippen molar-refractivity contribution in [3.8, 4) is 0 Å². The Morgan fingerprint density at radius 3 is 2.58 bits per heavy atom. The average Bonchev–Trinajstić information content (AvgIpc) is 2.57. The molecule has 0 unspecified atom stereocenters. The summed E-state index contributed by atoms with van der Waals surface area (Å²) in [5.41, 5.74) is 1.71. The number of halogens is 3. The van der Waals surface area contributed by atoms with Crippen LogP contribution in [0.5, 0.6) is 0 Å². The smallest absolute Gasteiger partial charge is 0.190 e. The third-order valence-electron chi connectivity index (χ3n) is 3.32. The molecule has 1 aromatic carbocycles. The molecule has 0 aliphatic rings. The zero-order valence-electron chi connectivity index (χ0n) is 13.4. The van der Waals surface area contributed by atoms with Crippen molar-refractivity contribution in [3.63, 3.8) is 0 Å². The van der Waals surface area contributed by atoms with Crippen LogP contribution in [0.1, 0.15) is 11.3 Å². The molecule has 0 saturated carbocycles. The van der Waals surface area contributed by atoms with Crippen molar-refractivity contribution in [3.05, 3.63) is 64.1 Å². The number of benzene rings is 1. The Balaban J connectivity index is 0.00000288. The zero-order chi connectivity index (χ0) is 16.5. The van der Waals surface area contributed by atoms with Gasteiger partial charge in [0.25, 0.3) is 0 Å². The number of aliphatic imine (C=N–C) groups is 1. The first-order valence-corrected chi connectivity index (χ1v) is 8.26. The molecular weight excluding hydrogens is 486 g/mol. The van der Waals surface area contributed by atoms with E-state index in [-0.39, 0.29) is 29.8 Å². The number of nitrogens with one attached hydrogen (secondary N) is 2. The van der Waals surface area contributed by atoms with E-state index in [1.54, 1.807) is 25.4 Å². The second kappa shape index (κ2) is 11.4. The monoisotopic (exact) mass is 506 g/mol. The van der Waals surface area contributed by atoms with E-state index in [1.165, 1.54) is 6.07 Å². The molecule has 0 atom stereocenters. The molecule has 1 aromatic heterocycles. The van der Waals surface area contributed by atoms with Gasteiger partial charge in [0.2, 0.25) is 0 Å². The van der Waals surface area contributed by atoms with Crippen LogP contribution < -0.4 is 10.6 Å². The molecule has 0 spiro atoms. The fourth-order valence-corrected chi connectivity index (χ4v) is 2.53. The van der Waals surface area contributed by atoms with Gasteiger partial charge in [-0.2, -0.15) is 0 Å². The molecule has 0 aliphatic heterocycles. The molecular formula is C17H21BrFIN4. The lowest BCUT2D eigenvalue weighted by atomic mass is 10.1. The number of pyridine rings is 1. The maximum atomic E-state index is 13.7. The van der Waals surface area contributed by atoms with Gasteiger partial charge in [-0.15, -0.1) is 24.0 Å². The Morgan fingerprint density at radius 1 is 1.17 bits per heavy atom. The normalized spacial score (nSPS) is 10.9. The van der Waals surface area contributed by atoms with Gasteiger partial charge in [0.1, 0.15) is 5.82 Å². The van der Waals surface area contributed by atoms with Crippen molar-refractivity contribution >= 4 is 45.9 Å². The van der Waals surface area contributed by atoms with Crippen LogP contribution in [0.4, 0.5) is 4.39 Å². The standard InChI is InChI=1S/C17H20BrFN4.HI/c1-20-17(23-11-8-15-4-2-3-9-21-15)22-10-7-13-12-14(18)5-6-16(13)19;/h2-6,9,12H,7-8,10-11H2,1H3,(H2,20,22,23);1H. The number of aromatic nitrogens is 1. The van der Waals surface area contributed by atoms with E-state index in [9.17, 15) is 4.39 Å². The molecule has 2 N–H and O–H groups in total. The lowest BCUT2D eigenvalue weighted by Crippen LogP contribution is -2.39. The summed E-state index contributed by atoms with van der Waals surface area (Å²) in [6.45, 7) is 1.35. The summed E-state index contributed by atoms with van der Waals surface area (Å²) in [5, 5.41) is 6.41. The molecule has 0 bridgehead atoms. The van der Waals surface area contributed by atoms with E-state index < -0.39 is 0 Å². The third kappa shape index (κ3) is 7.12. The molecule has 0 saturated heterocycles. The van der Waals surface area contributed by atoms with E-state index in [2.05, 4.69) is 36.5 Å². The van der Waals surface area contributed by atoms with E-state index in [1.807, 2.05) is 18.2 Å². The van der Waals surface area contributed by atoms with E-state index >= 15 is 0 Å². The molecule has 1 heterocycles. The fraction of sp³-hybridized carbons (Fsp3) is 0.294. The molecule has 7 heteroatoms. The van der Waals surface area contributed by atoms with Gasteiger partial charge in [0, 0.05) is 42.9 Å². The summed E-state index contributed by atoms with van der Waals surface area (Å²) in [7, 11) is 1.72. The van der Waals surface area contributed by atoms with E-state index in [0.717, 1.165) is 23.1 Å². The fourth-order valence-electron chi connectivity index (χ4n) is 2.13. The second-order valence-corrected chi connectivity index (χ2v) is 5.90. The average molecular weight is 507 g/mol. The van der Waals surface area contributed by atoms with Gasteiger partial charge < -0.3 is 10.6 Å². The zero-order valence-corrected chi connectivity index (χ0v) is 17.3. The van der Waals surface area contributed by atoms with Crippen LogP contribution in [0.2, 0.25) is 0 Å². The van der Waals surface area contributed by atoms with Crippen LogP contribution in [-0.4, -0.2) is 31.1 Å². The molecule has 2 aromatic rings. The van der Waals surface area contributed by atoms with Crippen LogP contribution >= 0.6 is 39.9 Å². The first kappa shape index (κ1) is 20.8. The van der Waals surface area contributed by atoms with Crippen molar-refractivity contribution in [2.24, 2.45) is 4.99 Å². The first-order chi connectivity index (χ1) is 11.2. The van der Waals surface area contributed by atoms with Crippen LogP contribution in [0.15, 0.2) is 52.1 Å². The minimum absolute atomic E-state index is 0. The van der Waals surface area contributed by atoms with Gasteiger partial charge in [-0.05, 0) is 42.3 Å². The topological polar surface area (TPSA) is 49.3 Å². The van der Waals surface area contributed by atoms with Gasteiger partial charge in [-0.3, -0.25) is 9.98 Å². The largest absolute Gasteiger partial charge is 0.356 e. The molecule has 0 radical (unpaired) electrons. The predicted octanol–water partition coefficient (Wildman–Crippen LogP) is 3.55. The highest BCUT2D eigenvalue weighted by Gasteiger charge is 2.04. The minimum Gasteiger partial charge on any atom is -0.356 e. The van der Waals surface area contributed by atoms with Gasteiger partial charge in [0.05, 0.1) is 0 Å².